The van der Waals surface area contributed by atoms with Gasteiger partial charge in [-0.3, -0.25) is 14.5 Å². The Bertz CT molecular complexity index is 820. The fraction of sp³-hybridized carbons (Fsp3) is 0.0556. The lowest BCUT2D eigenvalue weighted by atomic mass is 10.1. The molecule has 0 saturated carbocycles. The summed E-state index contributed by atoms with van der Waals surface area (Å²) in [4.78, 5) is 26.1. The molecule has 0 spiro atoms. The molecule has 1 saturated heterocycles. The van der Waals surface area contributed by atoms with Gasteiger partial charge in [-0.05, 0) is 41.1 Å². The molecule has 3 rings (SSSR count). The lowest BCUT2D eigenvalue weighted by molar-refractivity contribution is -0.123. The fourth-order valence-electron chi connectivity index (χ4n) is 2.21. The van der Waals surface area contributed by atoms with Crippen LogP contribution in [0.15, 0.2) is 59.5 Å². The van der Waals surface area contributed by atoms with Crippen molar-refractivity contribution < 1.29 is 9.59 Å². The van der Waals surface area contributed by atoms with E-state index in [9.17, 15) is 9.59 Å². The highest BCUT2D eigenvalue weighted by atomic mass is 32.2. The number of carbonyl (C=O) groups excluding carboxylic acids is 2. The van der Waals surface area contributed by atoms with Crippen molar-refractivity contribution in [2.24, 2.45) is 0 Å². The molecule has 2 aromatic rings. The molecule has 1 aliphatic heterocycles. The zero-order valence-electron chi connectivity index (χ0n) is 12.1. The molecule has 1 heterocycles. The van der Waals surface area contributed by atoms with Crippen LogP contribution in [-0.4, -0.2) is 16.0 Å². The van der Waals surface area contributed by atoms with Crippen LogP contribution in [0.3, 0.4) is 0 Å². The maximum atomic E-state index is 12.4. The molecule has 1 fully saturated rings. The maximum absolute atomic E-state index is 12.4. The van der Waals surface area contributed by atoms with Gasteiger partial charge in [0.1, 0.15) is 0 Å². The summed E-state index contributed by atoms with van der Waals surface area (Å²) in [5, 5.41) is 8.52. The molecule has 0 N–H and O–H groups in total. The topological polar surface area (TPSA) is 61.2 Å². The summed E-state index contributed by atoms with van der Waals surface area (Å²) in [6.45, 7) is 0.274. The van der Waals surface area contributed by atoms with Crippen LogP contribution < -0.4 is 0 Å². The second-order valence-electron chi connectivity index (χ2n) is 4.99. The van der Waals surface area contributed by atoms with Gasteiger partial charge in [0.05, 0.1) is 23.1 Å². The van der Waals surface area contributed by atoms with E-state index in [1.807, 2.05) is 36.4 Å². The van der Waals surface area contributed by atoms with Gasteiger partial charge in [0.15, 0.2) is 0 Å². The Morgan fingerprint density at radius 3 is 2.39 bits per heavy atom. The van der Waals surface area contributed by atoms with Gasteiger partial charge < -0.3 is 0 Å². The molecule has 0 radical (unpaired) electrons. The number of nitriles is 1. The molecular formula is C18H12N2O2S. The highest BCUT2D eigenvalue weighted by Gasteiger charge is 2.34. The van der Waals surface area contributed by atoms with Crippen molar-refractivity contribution in [1.82, 2.24) is 4.90 Å². The summed E-state index contributed by atoms with van der Waals surface area (Å²) >= 11 is 0.939. The predicted molar refractivity (Wildman–Crippen MR) is 89.1 cm³/mol. The summed E-state index contributed by atoms with van der Waals surface area (Å²) in [5.41, 5.74) is 2.25. The molecule has 0 atom stereocenters. The molecule has 112 valence electrons. The number of hydrogen-bond acceptors (Lipinski definition) is 4. The van der Waals surface area contributed by atoms with Crippen LogP contribution in [0.2, 0.25) is 0 Å². The number of thioether (sulfide) groups is 1. The number of rotatable bonds is 3. The third-order valence-electron chi connectivity index (χ3n) is 3.39. The lowest BCUT2D eigenvalue weighted by Gasteiger charge is -2.12. The van der Waals surface area contributed by atoms with Gasteiger partial charge in [-0.2, -0.15) is 5.26 Å². The van der Waals surface area contributed by atoms with Gasteiger partial charge in [0.25, 0.3) is 11.1 Å². The number of benzene rings is 2. The second-order valence-corrected chi connectivity index (χ2v) is 5.98. The Hall–Kier alpha value is -2.84. The molecular weight excluding hydrogens is 308 g/mol. The van der Waals surface area contributed by atoms with Crippen molar-refractivity contribution in [3.63, 3.8) is 0 Å². The summed E-state index contributed by atoms with van der Waals surface area (Å²) in [5.74, 6) is -0.284. The van der Waals surface area contributed by atoms with Crippen molar-refractivity contribution in [1.29, 1.82) is 5.26 Å². The Morgan fingerprint density at radius 2 is 1.74 bits per heavy atom. The zero-order valence-corrected chi connectivity index (χ0v) is 12.9. The monoisotopic (exact) mass is 320 g/mol. The van der Waals surface area contributed by atoms with E-state index in [1.165, 1.54) is 4.90 Å². The van der Waals surface area contributed by atoms with Crippen LogP contribution >= 0.6 is 11.8 Å². The Kier molecular flexibility index (Phi) is 4.26. The van der Waals surface area contributed by atoms with Crippen molar-refractivity contribution in [2.75, 3.05) is 0 Å². The van der Waals surface area contributed by atoms with Crippen molar-refractivity contribution in [3.05, 3.63) is 76.2 Å². The van der Waals surface area contributed by atoms with E-state index < -0.39 is 0 Å². The normalized spacial score (nSPS) is 16.0. The third-order valence-corrected chi connectivity index (χ3v) is 4.30. The minimum absolute atomic E-state index is 0.265. The number of hydrogen-bond donors (Lipinski definition) is 0. The Balaban J connectivity index is 1.80. The minimum atomic E-state index is -0.284. The minimum Gasteiger partial charge on any atom is -0.268 e. The van der Waals surface area contributed by atoms with Crippen LogP contribution in [0, 0.1) is 11.3 Å². The number of carbonyl (C=O) groups is 2. The largest absolute Gasteiger partial charge is 0.293 e. The van der Waals surface area contributed by atoms with Gasteiger partial charge in [-0.25, -0.2) is 0 Å². The van der Waals surface area contributed by atoms with Crippen LogP contribution in [0.5, 0.6) is 0 Å². The van der Waals surface area contributed by atoms with E-state index in [2.05, 4.69) is 0 Å². The summed E-state index contributed by atoms with van der Waals surface area (Å²) < 4.78 is 0. The lowest BCUT2D eigenvalue weighted by Crippen LogP contribution is -2.27. The van der Waals surface area contributed by atoms with Gasteiger partial charge in [-0.15, -0.1) is 0 Å². The number of imide groups is 1. The van der Waals surface area contributed by atoms with Crippen molar-refractivity contribution in [3.8, 4) is 6.07 Å². The van der Waals surface area contributed by atoms with Crippen LogP contribution in [0.25, 0.3) is 6.08 Å². The van der Waals surface area contributed by atoms with Gasteiger partial charge in [-0.1, -0.05) is 42.5 Å². The molecule has 0 aromatic heterocycles. The van der Waals surface area contributed by atoms with Gasteiger partial charge >= 0.3 is 0 Å². The van der Waals surface area contributed by atoms with E-state index in [-0.39, 0.29) is 17.7 Å². The van der Waals surface area contributed by atoms with Crippen molar-refractivity contribution >= 4 is 29.0 Å². The zero-order chi connectivity index (χ0) is 16.2. The van der Waals surface area contributed by atoms with E-state index in [4.69, 9.17) is 5.26 Å². The number of nitrogens with zero attached hydrogens (tertiary/aromatic N) is 2. The summed E-state index contributed by atoms with van der Waals surface area (Å²) in [7, 11) is 0. The first kappa shape index (κ1) is 15.1. The van der Waals surface area contributed by atoms with Crippen LogP contribution in [0.1, 0.15) is 16.7 Å². The van der Waals surface area contributed by atoms with E-state index >= 15 is 0 Å². The smallest absolute Gasteiger partial charge is 0.268 e. The van der Waals surface area contributed by atoms with E-state index in [0.717, 1.165) is 22.9 Å². The Labute approximate surface area is 138 Å². The second kappa shape index (κ2) is 6.51. The molecule has 0 unspecified atom stereocenters. The highest BCUT2D eigenvalue weighted by Crippen LogP contribution is 2.33. The van der Waals surface area contributed by atoms with Gasteiger partial charge in [0, 0.05) is 0 Å². The molecule has 5 heteroatoms. The molecule has 2 aromatic carbocycles. The van der Waals surface area contributed by atoms with E-state index in [0.29, 0.717) is 10.5 Å². The van der Waals surface area contributed by atoms with Crippen LogP contribution in [0.4, 0.5) is 4.79 Å². The first-order chi connectivity index (χ1) is 11.2. The number of amides is 2. The molecule has 23 heavy (non-hydrogen) atoms. The SMILES string of the molecule is N#Cc1ccc(/C=C2\SC(=O)N(Cc3ccccc3)C2=O)cc1. The molecule has 1 aliphatic rings. The standard InChI is InChI=1S/C18H12N2O2S/c19-11-14-8-6-13(7-9-14)10-16-17(21)20(18(22)23-16)12-15-4-2-1-3-5-15/h1-10H,12H2/b16-10-. The van der Waals surface area contributed by atoms with Gasteiger partial charge in [0.2, 0.25) is 0 Å². The molecule has 0 bridgehead atoms. The average molecular weight is 320 g/mol. The van der Waals surface area contributed by atoms with Crippen LogP contribution in [-0.2, 0) is 11.3 Å². The quantitative estimate of drug-likeness (QED) is 0.807. The average Bonchev–Trinajstić information content (AvgIpc) is 2.84. The summed E-state index contributed by atoms with van der Waals surface area (Å²) in [6, 6.07) is 18.3. The fourth-order valence-corrected chi connectivity index (χ4v) is 3.05. The first-order valence-corrected chi connectivity index (χ1v) is 7.78. The molecule has 4 nitrogen and oxygen atoms in total. The first-order valence-electron chi connectivity index (χ1n) is 6.97. The highest BCUT2D eigenvalue weighted by molar-refractivity contribution is 8.18. The predicted octanol–water partition coefficient (Wildman–Crippen LogP) is 3.79. The molecule has 2 amide bonds. The molecule has 0 aliphatic carbocycles. The third kappa shape index (κ3) is 3.33. The Morgan fingerprint density at radius 1 is 1.04 bits per heavy atom. The van der Waals surface area contributed by atoms with Crippen molar-refractivity contribution in [2.45, 2.75) is 6.54 Å². The van der Waals surface area contributed by atoms with E-state index in [1.54, 1.807) is 30.3 Å². The maximum Gasteiger partial charge on any atom is 0.293 e. The summed E-state index contributed by atoms with van der Waals surface area (Å²) in [6.07, 6.45) is 1.68.